The van der Waals surface area contributed by atoms with Crippen molar-refractivity contribution in [3.8, 4) is 0 Å². The number of Topliss-reactive ketones (excluding diaryl/α,β-unsaturated/α-hetero) is 1. The van der Waals surface area contributed by atoms with Gasteiger partial charge in [-0.15, -0.1) is 0 Å². The summed E-state index contributed by atoms with van der Waals surface area (Å²) in [5, 5.41) is 0. The first-order chi connectivity index (χ1) is 8.17. The fraction of sp³-hybridized carbons (Fsp3) is 0.429. The highest BCUT2D eigenvalue weighted by Gasteiger charge is 2.26. The molecule has 2 rings (SSSR count). The zero-order valence-corrected chi connectivity index (χ0v) is 10.2. The lowest BCUT2D eigenvalue weighted by atomic mass is 9.81. The summed E-state index contributed by atoms with van der Waals surface area (Å²) in [6.45, 7) is 2.03. The first kappa shape index (κ1) is 11.8. The van der Waals surface area contributed by atoms with Crippen LogP contribution in [0, 0.1) is 5.92 Å². The third-order valence-corrected chi connectivity index (χ3v) is 3.42. The first-order valence-corrected chi connectivity index (χ1v) is 5.92. The number of benzene rings is 1. The van der Waals surface area contributed by atoms with Gasteiger partial charge in [0, 0.05) is 11.5 Å². The smallest absolute Gasteiger partial charge is 0.337 e. The van der Waals surface area contributed by atoms with Crippen LogP contribution in [-0.4, -0.2) is 18.9 Å². The number of rotatable bonds is 2. The van der Waals surface area contributed by atoms with Crippen LogP contribution in [0.4, 0.5) is 0 Å². The van der Waals surface area contributed by atoms with Crippen molar-refractivity contribution in [2.75, 3.05) is 7.11 Å². The fourth-order valence-corrected chi connectivity index (χ4v) is 2.34. The topological polar surface area (TPSA) is 43.4 Å². The van der Waals surface area contributed by atoms with Crippen molar-refractivity contribution < 1.29 is 14.3 Å². The molecule has 17 heavy (non-hydrogen) atoms. The van der Waals surface area contributed by atoms with Crippen LogP contribution in [0.2, 0.25) is 0 Å². The molecular weight excluding hydrogens is 216 g/mol. The Bertz CT molecular complexity index is 463. The second-order valence-electron chi connectivity index (χ2n) is 4.37. The highest BCUT2D eigenvalue weighted by molar-refractivity contribution is 6.02. The van der Waals surface area contributed by atoms with Gasteiger partial charge in [0.25, 0.3) is 0 Å². The highest BCUT2D eigenvalue weighted by Crippen LogP contribution is 2.28. The van der Waals surface area contributed by atoms with Gasteiger partial charge in [0.2, 0.25) is 0 Å². The van der Waals surface area contributed by atoms with Crippen LogP contribution in [0.3, 0.4) is 0 Å². The monoisotopic (exact) mass is 232 g/mol. The first-order valence-electron chi connectivity index (χ1n) is 5.92. The number of aryl methyl sites for hydroxylation is 1. The van der Waals surface area contributed by atoms with E-state index in [9.17, 15) is 9.59 Å². The molecule has 1 unspecified atom stereocenters. The summed E-state index contributed by atoms with van der Waals surface area (Å²) in [5.41, 5.74) is 2.20. The van der Waals surface area contributed by atoms with Gasteiger partial charge in [-0.2, -0.15) is 0 Å². The van der Waals surface area contributed by atoms with Crippen molar-refractivity contribution in [1.82, 2.24) is 0 Å². The molecule has 3 heteroatoms. The molecule has 0 radical (unpaired) electrons. The van der Waals surface area contributed by atoms with E-state index in [1.807, 2.05) is 13.0 Å². The molecule has 0 fully saturated rings. The quantitative estimate of drug-likeness (QED) is 0.736. The predicted octanol–water partition coefficient (Wildman–Crippen LogP) is 2.63. The minimum Gasteiger partial charge on any atom is -0.465 e. The third kappa shape index (κ3) is 2.09. The maximum absolute atomic E-state index is 12.2. The molecule has 0 saturated carbocycles. The molecule has 3 nitrogen and oxygen atoms in total. The predicted molar refractivity (Wildman–Crippen MR) is 64.2 cm³/mol. The van der Waals surface area contributed by atoms with Crippen LogP contribution in [0.25, 0.3) is 0 Å². The largest absolute Gasteiger partial charge is 0.465 e. The summed E-state index contributed by atoms with van der Waals surface area (Å²) in [5.74, 6) is -0.117. The normalized spacial score (nSPS) is 18.7. The number of methoxy groups -OCH3 is 1. The minimum atomic E-state index is -0.390. The zero-order chi connectivity index (χ0) is 12.4. The minimum absolute atomic E-state index is 0.107. The van der Waals surface area contributed by atoms with E-state index in [0.29, 0.717) is 11.1 Å². The van der Waals surface area contributed by atoms with E-state index in [1.54, 1.807) is 12.1 Å². The number of carbonyl (C=O) groups excluding carboxylic acids is 2. The lowest BCUT2D eigenvalue weighted by Gasteiger charge is -2.22. The molecule has 1 aliphatic carbocycles. The van der Waals surface area contributed by atoms with Crippen molar-refractivity contribution in [2.24, 2.45) is 5.92 Å². The molecule has 0 bridgehead atoms. The molecule has 0 N–H and O–H groups in total. The molecule has 1 aliphatic rings. The van der Waals surface area contributed by atoms with E-state index in [-0.39, 0.29) is 17.7 Å². The summed E-state index contributed by atoms with van der Waals surface area (Å²) < 4.78 is 4.67. The van der Waals surface area contributed by atoms with E-state index in [4.69, 9.17) is 0 Å². The molecular formula is C14H16O3. The van der Waals surface area contributed by atoms with Crippen LogP contribution in [0.15, 0.2) is 18.2 Å². The number of ether oxygens (including phenoxy) is 1. The summed E-state index contributed by atoms with van der Waals surface area (Å²) >= 11 is 0. The van der Waals surface area contributed by atoms with Gasteiger partial charge in [0.05, 0.1) is 12.7 Å². The van der Waals surface area contributed by atoms with Crippen molar-refractivity contribution in [3.63, 3.8) is 0 Å². The van der Waals surface area contributed by atoms with Crippen molar-refractivity contribution >= 4 is 11.8 Å². The van der Waals surface area contributed by atoms with Gasteiger partial charge < -0.3 is 4.74 Å². The van der Waals surface area contributed by atoms with Crippen LogP contribution in [0.1, 0.15) is 46.0 Å². The molecule has 1 atom stereocenters. The number of esters is 1. The van der Waals surface area contributed by atoms with Gasteiger partial charge in [-0.3, -0.25) is 4.79 Å². The Labute approximate surface area is 101 Å². The number of hydrogen-bond donors (Lipinski definition) is 0. The van der Waals surface area contributed by atoms with Crippen molar-refractivity contribution in [1.29, 1.82) is 0 Å². The number of carbonyl (C=O) groups is 2. The fourth-order valence-electron chi connectivity index (χ4n) is 2.34. The molecule has 0 saturated heterocycles. The Hall–Kier alpha value is -1.64. The molecule has 0 amide bonds. The Morgan fingerprint density at radius 2 is 2.24 bits per heavy atom. The Balaban J connectivity index is 2.40. The lowest BCUT2D eigenvalue weighted by molar-refractivity contribution is 0.0600. The standard InChI is InChI=1S/C14H16O3/c1-3-9-4-5-10-6-7-11(14(16)17-2)8-12(10)13(9)15/h6-9H,3-5H2,1-2H3. The van der Waals surface area contributed by atoms with Crippen LogP contribution < -0.4 is 0 Å². The second kappa shape index (κ2) is 4.70. The lowest BCUT2D eigenvalue weighted by Crippen LogP contribution is -2.22. The number of hydrogen-bond acceptors (Lipinski definition) is 3. The summed E-state index contributed by atoms with van der Waals surface area (Å²) in [6, 6.07) is 5.26. The average molecular weight is 232 g/mol. The molecule has 0 spiro atoms. The van der Waals surface area contributed by atoms with Gasteiger partial charge in [-0.25, -0.2) is 4.79 Å². The maximum Gasteiger partial charge on any atom is 0.337 e. The van der Waals surface area contributed by atoms with E-state index < -0.39 is 0 Å². The maximum atomic E-state index is 12.2. The zero-order valence-electron chi connectivity index (χ0n) is 10.2. The van der Waals surface area contributed by atoms with E-state index in [2.05, 4.69) is 4.74 Å². The van der Waals surface area contributed by atoms with E-state index >= 15 is 0 Å². The Morgan fingerprint density at radius 1 is 1.47 bits per heavy atom. The average Bonchev–Trinajstić information content (AvgIpc) is 2.38. The van der Waals surface area contributed by atoms with Gasteiger partial charge in [-0.05, 0) is 37.0 Å². The van der Waals surface area contributed by atoms with Crippen molar-refractivity contribution in [3.05, 3.63) is 34.9 Å². The van der Waals surface area contributed by atoms with Crippen LogP contribution in [0.5, 0.6) is 0 Å². The van der Waals surface area contributed by atoms with Gasteiger partial charge in [0.15, 0.2) is 5.78 Å². The second-order valence-corrected chi connectivity index (χ2v) is 4.37. The molecule has 0 aliphatic heterocycles. The van der Waals surface area contributed by atoms with E-state index in [1.165, 1.54) is 7.11 Å². The Morgan fingerprint density at radius 3 is 2.88 bits per heavy atom. The van der Waals surface area contributed by atoms with Crippen molar-refractivity contribution in [2.45, 2.75) is 26.2 Å². The number of ketones is 1. The van der Waals surface area contributed by atoms with Crippen LogP contribution >= 0.6 is 0 Å². The molecule has 1 aromatic carbocycles. The van der Waals surface area contributed by atoms with Gasteiger partial charge >= 0.3 is 5.97 Å². The summed E-state index contributed by atoms with van der Waals surface area (Å²) in [6.07, 6.45) is 2.70. The molecule has 0 aromatic heterocycles. The molecule has 1 aromatic rings. The van der Waals surface area contributed by atoms with Gasteiger partial charge in [0.1, 0.15) is 0 Å². The molecule has 90 valence electrons. The SMILES string of the molecule is CCC1CCc2ccc(C(=O)OC)cc2C1=O. The third-order valence-electron chi connectivity index (χ3n) is 3.42. The Kier molecular flexibility index (Phi) is 3.27. The van der Waals surface area contributed by atoms with Crippen LogP contribution in [-0.2, 0) is 11.2 Å². The molecule has 0 heterocycles. The van der Waals surface area contributed by atoms with E-state index in [0.717, 1.165) is 24.8 Å². The van der Waals surface area contributed by atoms with Gasteiger partial charge in [-0.1, -0.05) is 13.0 Å². The number of fused-ring (bicyclic) bond motifs is 1. The summed E-state index contributed by atoms with van der Waals surface area (Å²) in [4.78, 5) is 23.6. The highest BCUT2D eigenvalue weighted by atomic mass is 16.5. The summed E-state index contributed by atoms with van der Waals surface area (Å²) in [7, 11) is 1.35.